The maximum absolute atomic E-state index is 8.88. The second-order valence-corrected chi connectivity index (χ2v) is 3.26. The van der Waals surface area contributed by atoms with Gasteiger partial charge in [-0.1, -0.05) is 30.3 Å². The predicted octanol–water partition coefficient (Wildman–Crippen LogP) is 1.29. The van der Waals surface area contributed by atoms with Crippen molar-refractivity contribution in [1.29, 1.82) is 0 Å². The molecule has 12 heavy (non-hydrogen) atoms. The third-order valence-corrected chi connectivity index (χ3v) is 2.46. The van der Waals surface area contributed by atoms with E-state index in [0.717, 1.165) is 5.56 Å². The van der Waals surface area contributed by atoms with E-state index in [0.29, 0.717) is 0 Å². The van der Waals surface area contributed by atoms with Crippen LogP contribution in [0.5, 0.6) is 0 Å². The molecule has 1 heterocycles. The lowest BCUT2D eigenvalue weighted by Crippen LogP contribution is -2.09. The molecular formula is C10H12O2. The normalized spacial score (nSPS) is 33.3. The summed E-state index contributed by atoms with van der Waals surface area (Å²) in [5, 5.41) is 8.88. The number of ether oxygens (including phenoxy) is 1. The molecule has 0 aliphatic carbocycles. The summed E-state index contributed by atoms with van der Waals surface area (Å²) >= 11 is 0. The second-order valence-electron chi connectivity index (χ2n) is 3.26. The maximum Gasteiger partial charge on any atom is 0.119 e. The van der Waals surface area contributed by atoms with Gasteiger partial charge in [-0.3, -0.25) is 0 Å². The largest absolute Gasteiger partial charge is 0.394 e. The summed E-state index contributed by atoms with van der Waals surface area (Å²) in [4.78, 5) is 0. The van der Waals surface area contributed by atoms with Crippen LogP contribution in [0.4, 0.5) is 0 Å². The molecule has 2 rings (SSSR count). The highest BCUT2D eigenvalue weighted by molar-refractivity contribution is 5.27. The summed E-state index contributed by atoms with van der Waals surface area (Å²) in [7, 11) is 0. The van der Waals surface area contributed by atoms with Gasteiger partial charge in [-0.05, 0) is 12.5 Å². The summed E-state index contributed by atoms with van der Waals surface area (Å²) in [6.07, 6.45) is -0.0140. The van der Waals surface area contributed by atoms with E-state index < -0.39 is 0 Å². The zero-order chi connectivity index (χ0) is 8.60. The zero-order valence-corrected chi connectivity index (χ0v) is 7.03. The maximum atomic E-state index is 8.88. The van der Waals surface area contributed by atoms with Gasteiger partial charge in [-0.2, -0.15) is 0 Å². The lowest BCUT2D eigenvalue weighted by atomic mass is 9.98. The van der Waals surface area contributed by atoms with Gasteiger partial charge in [-0.15, -0.1) is 0 Å². The van der Waals surface area contributed by atoms with E-state index in [1.165, 1.54) is 0 Å². The minimum absolute atomic E-state index is 0.0140. The molecule has 0 unspecified atom stereocenters. The van der Waals surface area contributed by atoms with Gasteiger partial charge < -0.3 is 9.84 Å². The molecule has 0 radical (unpaired) electrons. The first kappa shape index (κ1) is 7.77. The van der Waals surface area contributed by atoms with Crippen LogP contribution in [0.3, 0.4) is 0 Å². The molecule has 2 atom stereocenters. The molecule has 64 valence electrons. The highest BCUT2D eigenvalue weighted by Gasteiger charge is 2.52. The van der Waals surface area contributed by atoms with Crippen molar-refractivity contribution in [3.8, 4) is 0 Å². The minimum atomic E-state index is -0.240. The fourth-order valence-electron chi connectivity index (χ4n) is 1.50. The van der Waals surface area contributed by atoms with E-state index in [2.05, 4.69) is 0 Å². The lowest BCUT2D eigenvalue weighted by molar-refractivity contribution is 0.237. The Bertz CT molecular complexity index is 270. The van der Waals surface area contributed by atoms with Crippen molar-refractivity contribution in [2.75, 3.05) is 6.61 Å². The Hall–Kier alpha value is -0.860. The number of rotatable bonds is 2. The topological polar surface area (TPSA) is 32.8 Å². The van der Waals surface area contributed by atoms with E-state index >= 15 is 0 Å². The van der Waals surface area contributed by atoms with Crippen molar-refractivity contribution in [1.82, 2.24) is 0 Å². The molecule has 1 N–H and O–H groups in total. The number of aliphatic hydroxyl groups excluding tert-OH is 1. The van der Waals surface area contributed by atoms with E-state index in [9.17, 15) is 0 Å². The summed E-state index contributed by atoms with van der Waals surface area (Å²) in [5.74, 6) is 0. The van der Waals surface area contributed by atoms with Crippen molar-refractivity contribution in [2.24, 2.45) is 0 Å². The molecule has 0 bridgehead atoms. The van der Waals surface area contributed by atoms with Crippen LogP contribution < -0.4 is 0 Å². The number of benzene rings is 1. The third kappa shape index (κ3) is 1.04. The van der Waals surface area contributed by atoms with Gasteiger partial charge in [0.1, 0.15) is 11.7 Å². The molecule has 2 heteroatoms. The fourth-order valence-corrected chi connectivity index (χ4v) is 1.50. The fraction of sp³-hybridized carbons (Fsp3) is 0.400. The van der Waals surface area contributed by atoms with Crippen LogP contribution in [0.15, 0.2) is 30.3 Å². The molecule has 1 aliphatic heterocycles. The summed E-state index contributed by atoms with van der Waals surface area (Å²) < 4.78 is 5.39. The molecule has 2 nitrogen and oxygen atoms in total. The molecule has 1 aliphatic rings. The van der Waals surface area contributed by atoms with Crippen molar-refractivity contribution in [3.05, 3.63) is 35.9 Å². The van der Waals surface area contributed by atoms with Crippen LogP contribution in [0, 0.1) is 0 Å². The number of epoxide rings is 1. The van der Waals surface area contributed by atoms with E-state index in [-0.39, 0.29) is 18.3 Å². The number of hydrogen-bond acceptors (Lipinski definition) is 2. The van der Waals surface area contributed by atoms with Crippen molar-refractivity contribution < 1.29 is 9.84 Å². The molecule has 1 aromatic carbocycles. The van der Waals surface area contributed by atoms with Gasteiger partial charge >= 0.3 is 0 Å². The van der Waals surface area contributed by atoms with Crippen molar-refractivity contribution in [3.63, 3.8) is 0 Å². The lowest BCUT2D eigenvalue weighted by Gasteiger charge is -2.04. The van der Waals surface area contributed by atoms with Crippen LogP contribution in [0.25, 0.3) is 0 Å². The van der Waals surface area contributed by atoms with E-state index in [1.54, 1.807) is 0 Å². The highest BCUT2D eigenvalue weighted by Crippen LogP contribution is 2.45. The first-order chi connectivity index (χ1) is 5.77. The van der Waals surface area contributed by atoms with Gasteiger partial charge in [-0.25, -0.2) is 0 Å². The molecule has 0 aromatic heterocycles. The van der Waals surface area contributed by atoms with Crippen molar-refractivity contribution >= 4 is 0 Å². The first-order valence-electron chi connectivity index (χ1n) is 4.11. The molecule has 1 saturated heterocycles. The Morgan fingerprint density at radius 3 is 2.58 bits per heavy atom. The van der Waals surface area contributed by atoms with Crippen LogP contribution in [0.2, 0.25) is 0 Å². The molecule has 1 fully saturated rings. The monoisotopic (exact) mass is 164 g/mol. The molecule has 0 saturated carbocycles. The summed E-state index contributed by atoms with van der Waals surface area (Å²) in [6, 6.07) is 9.99. The average molecular weight is 164 g/mol. The Kier molecular flexibility index (Phi) is 1.67. The second kappa shape index (κ2) is 2.57. The molecule has 0 amide bonds. The zero-order valence-electron chi connectivity index (χ0n) is 7.03. The minimum Gasteiger partial charge on any atom is -0.394 e. The summed E-state index contributed by atoms with van der Waals surface area (Å²) in [6.45, 7) is 2.11. The van der Waals surface area contributed by atoms with Gasteiger partial charge in [0, 0.05) is 0 Å². The van der Waals surface area contributed by atoms with Gasteiger partial charge in [0.05, 0.1) is 6.61 Å². The molecular weight excluding hydrogens is 152 g/mol. The smallest absolute Gasteiger partial charge is 0.119 e. The number of aliphatic hydroxyl groups is 1. The standard InChI is InChI=1S/C10H12O2/c1-10(9(7-11)12-10)8-5-3-2-4-6-8/h2-6,9,11H,7H2,1H3/t9-,10-/m0/s1. The van der Waals surface area contributed by atoms with Crippen molar-refractivity contribution in [2.45, 2.75) is 18.6 Å². The Balaban J connectivity index is 2.23. The van der Waals surface area contributed by atoms with Gasteiger partial charge in [0.15, 0.2) is 0 Å². The van der Waals surface area contributed by atoms with Crippen LogP contribution in [-0.4, -0.2) is 17.8 Å². The number of hydrogen-bond donors (Lipinski definition) is 1. The Morgan fingerprint density at radius 1 is 1.42 bits per heavy atom. The molecule has 0 spiro atoms. The van der Waals surface area contributed by atoms with Crippen LogP contribution >= 0.6 is 0 Å². The third-order valence-electron chi connectivity index (χ3n) is 2.46. The Morgan fingerprint density at radius 2 is 2.08 bits per heavy atom. The van der Waals surface area contributed by atoms with Gasteiger partial charge in [0.25, 0.3) is 0 Å². The van der Waals surface area contributed by atoms with E-state index in [4.69, 9.17) is 9.84 Å². The van der Waals surface area contributed by atoms with Crippen LogP contribution in [-0.2, 0) is 10.3 Å². The predicted molar refractivity (Wildman–Crippen MR) is 45.8 cm³/mol. The SMILES string of the molecule is C[C@@]1(c2ccccc2)O[C@H]1CO. The summed E-state index contributed by atoms with van der Waals surface area (Å²) in [5.41, 5.74) is 0.903. The van der Waals surface area contributed by atoms with Crippen LogP contribution in [0.1, 0.15) is 12.5 Å². The Labute approximate surface area is 71.8 Å². The first-order valence-corrected chi connectivity index (χ1v) is 4.11. The average Bonchev–Trinajstić information content (AvgIpc) is 2.81. The molecule has 1 aromatic rings. The highest BCUT2D eigenvalue weighted by atomic mass is 16.6. The quantitative estimate of drug-likeness (QED) is 0.668. The van der Waals surface area contributed by atoms with E-state index in [1.807, 2.05) is 37.3 Å². The van der Waals surface area contributed by atoms with Gasteiger partial charge in [0.2, 0.25) is 0 Å².